The number of carbonyl (C=O) groups excluding carboxylic acids is 1. The zero-order chi connectivity index (χ0) is 14.5. The topological polar surface area (TPSA) is 60.7 Å². The van der Waals surface area contributed by atoms with Crippen molar-refractivity contribution in [2.75, 3.05) is 20.8 Å². The van der Waals surface area contributed by atoms with Crippen LogP contribution in [0.25, 0.3) is 11.0 Å². The van der Waals surface area contributed by atoms with Gasteiger partial charge >= 0.3 is 0 Å². The normalized spacial score (nSPS) is 12.3. The van der Waals surface area contributed by atoms with E-state index in [1.54, 1.807) is 20.5 Å². The molecule has 5 nitrogen and oxygen atoms in total. The Labute approximate surface area is 117 Å². The van der Waals surface area contributed by atoms with Gasteiger partial charge in [0.15, 0.2) is 0 Å². The molecular weight excluding hydrogens is 258 g/mol. The van der Waals surface area contributed by atoms with Gasteiger partial charge in [0.1, 0.15) is 11.3 Å². The summed E-state index contributed by atoms with van der Waals surface area (Å²) in [5, 5.41) is 3.81. The minimum absolute atomic E-state index is 0.00856. The second-order valence-electron chi connectivity index (χ2n) is 4.72. The van der Waals surface area contributed by atoms with E-state index < -0.39 is 0 Å². The summed E-state index contributed by atoms with van der Waals surface area (Å²) in [6.07, 6.45) is 1.90. The van der Waals surface area contributed by atoms with E-state index in [2.05, 4.69) is 5.32 Å². The average Bonchev–Trinajstić information content (AvgIpc) is 2.81. The van der Waals surface area contributed by atoms with Crippen LogP contribution in [-0.2, 0) is 16.0 Å². The minimum atomic E-state index is -0.0481. The van der Waals surface area contributed by atoms with Crippen LogP contribution in [0.2, 0.25) is 0 Å². The number of carbonyl (C=O) groups is 1. The number of fused-ring (bicyclic) bond motifs is 1. The monoisotopic (exact) mass is 277 g/mol. The van der Waals surface area contributed by atoms with Crippen molar-refractivity contribution in [2.24, 2.45) is 0 Å². The summed E-state index contributed by atoms with van der Waals surface area (Å²) in [6, 6.07) is 5.56. The van der Waals surface area contributed by atoms with E-state index >= 15 is 0 Å². The quantitative estimate of drug-likeness (QED) is 0.878. The summed E-state index contributed by atoms with van der Waals surface area (Å²) < 4.78 is 15.6. The van der Waals surface area contributed by atoms with Crippen LogP contribution < -0.4 is 10.1 Å². The largest absolute Gasteiger partial charge is 0.497 e. The van der Waals surface area contributed by atoms with Gasteiger partial charge in [-0.2, -0.15) is 0 Å². The number of nitrogens with one attached hydrogen (secondary N) is 1. The minimum Gasteiger partial charge on any atom is -0.497 e. The number of ether oxygens (including phenoxy) is 2. The number of rotatable bonds is 6. The van der Waals surface area contributed by atoms with Gasteiger partial charge in [0.25, 0.3) is 0 Å². The van der Waals surface area contributed by atoms with Crippen molar-refractivity contribution in [3.8, 4) is 5.75 Å². The third-order valence-electron chi connectivity index (χ3n) is 3.04. The molecule has 0 saturated carbocycles. The van der Waals surface area contributed by atoms with Gasteiger partial charge in [-0.3, -0.25) is 4.79 Å². The molecule has 0 radical (unpaired) electrons. The van der Waals surface area contributed by atoms with Crippen LogP contribution in [0.5, 0.6) is 5.75 Å². The van der Waals surface area contributed by atoms with E-state index in [9.17, 15) is 4.79 Å². The summed E-state index contributed by atoms with van der Waals surface area (Å²) in [5.41, 5.74) is 1.59. The van der Waals surface area contributed by atoms with Crippen molar-refractivity contribution >= 4 is 16.9 Å². The first-order valence-corrected chi connectivity index (χ1v) is 6.46. The maximum Gasteiger partial charge on any atom is 0.224 e. The molecule has 0 aliphatic heterocycles. The van der Waals surface area contributed by atoms with Crippen molar-refractivity contribution in [2.45, 2.75) is 19.4 Å². The van der Waals surface area contributed by atoms with Crippen LogP contribution in [0.3, 0.4) is 0 Å². The van der Waals surface area contributed by atoms with E-state index in [0.29, 0.717) is 6.61 Å². The molecule has 1 amide bonds. The van der Waals surface area contributed by atoms with Gasteiger partial charge in [0.05, 0.1) is 26.4 Å². The predicted molar refractivity (Wildman–Crippen MR) is 76.0 cm³/mol. The van der Waals surface area contributed by atoms with Gasteiger partial charge in [-0.25, -0.2) is 0 Å². The SMILES string of the molecule is COCC(C)NC(=O)Cc1coc2cc(OC)ccc12. The van der Waals surface area contributed by atoms with Crippen molar-refractivity contribution in [3.63, 3.8) is 0 Å². The van der Waals surface area contributed by atoms with E-state index in [-0.39, 0.29) is 18.4 Å². The number of benzene rings is 1. The summed E-state index contributed by atoms with van der Waals surface area (Å²) in [4.78, 5) is 11.9. The highest BCUT2D eigenvalue weighted by atomic mass is 16.5. The van der Waals surface area contributed by atoms with Crippen LogP contribution in [0.15, 0.2) is 28.9 Å². The van der Waals surface area contributed by atoms with Gasteiger partial charge in [-0.05, 0) is 19.1 Å². The lowest BCUT2D eigenvalue weighted by Crippen LogP contribution is -2.36. The second kappa shape index (κ2) is 6.43. The lowest BCUT2D eigenvalue weighted by atomic mass is 10.1. The molecule has 2 aromatic rings. The molecule has 0 bridgehead atoms. The van der Waals surface area contributed by atoms with Crippen LogP contribution in [0.4, 0.5) is 0 Å². The average molecular weight is 277 g/mol. The van der Waals surface area contributed by atoms with E-state index in [0.717, 1.165) is 22.3 Å². The van der Waals surface area contributed by atoms with Crippen LogP contribution in [-0.4, -0.2) is 32.8 Å². The Bertz CT molecular complexity index is 591. The molecule has 0 aliphatic rings. The van der Waals surface area contributed by atoms with Gasteiger partial charge in [0, 0.05) is 30.2 Å². The molecule has 0 fully saturated rings. The highest BCUT2D eigenvalue weighted by Crippen LogP contribution is 2.25. The maximum absolute atomic E-state index is 11.9. The number of amides is 1. The van der Waals surface area contributed by atoms with E-state index in [4.69, 9.17) is 13.9 Å². The zero-order valence-electron chi connectivity index (χ0n) is 11.9. The third kappa shape index (κ3) is 3.30. The Kier molecular flexibility index (Phi) is 4.63. The second-order valence-corrected chi connectivity index (χ2v) is 4.72. The molecule has 1 N–H and O–H groups in total. The first-order chi connectivity index (χ1) is 9.63. The molecule has 1 atom stereocenters. The highest BCUT2D eigenvalue weighted by Gasteiger charge is 2.12. The number of furan rings is 1. The van der Waals surface area contributed by atoms with Gasteiger partial charge in [-0.1, -0.05) is 0 Å². The number of methoxy groups -OCH3 is 2. The first kappa shape index (κ1) is 14.4. The molecule has 0 aliphatic carbocycles. The Morgan fingerprint density at radius 2 is 2.20 bits per heavy atom. The molecule has 1 aromatic carbocycles. The van der Waals surface area contributed by atoms with Crippen LogP contribution in [0.1, 0.15) is 12.5 Å². The standard InChI is InChI=1S/C15H19NO4/c1-10(8-18-2)16-15(17)6-11-9-20-14-7-12(19-3)4-5-13(11)14/h4-5,7,9-10H,6,8H2,1-3H3,(H,16,17). The van der Waals surface area contributed by atoms with Crippen molar-refractivity contribution in [1.82, 2.24) is 5.32 Å². The fourth-order valence-corrected chi connectivity index (χ4v) is 2.12. The van der Waals surface area contributed by atoms with Gasteiger partial charge < -0.3 is 19.2 Å². The molecule has 20 heavy (non-hydrogen) atoms. The van der Waals surface area contributed by atoms with Gasteiger partial charge in [0.2, 0.25) is 5.91 Å². The highest BCUT2D eigenvalue weighted by molar-refractivity contribution is 5.88. The smallest absolute Gasteiger partial charge is 0.224 e. The zero-order valence-corrected chi connectivity index (χ0v) is 11.9. The Hall–Kier alpha value is -2.01. The number of hydrogen-bond donors (Lipinski definition) is 1. The lowest BCUT2D eigenvalue weighted by molar-refractivity contribution is -0.121. The molecule has 5 heteroatoms. The number of hydrogen-bond acceptors (Lipinski definition) is 4. The maximum atomic E-state index is 11.9. The summed E-state index contributed by atoms with van der Waals surface area (Å²) >= 11 is 0. The molecule has 2 rings (SSSR count). The molecule has 108 valence electrons. The molecule has 1 heterocycles. The molecular formula is C15H19NO4. The fraction of sp³-hybridized carbons (Fsp3) is 0.400. The fourth-order valence-electron chi connectivity index (χ4n) is 2.12. The van der Waals surface area contributed by atoms with E-state index in [1.807, 2.05) is 25.1 Å². The molecule has 1 aromatic heterocycles. The Balaban J connectivity index is 2.08. The van der Waals surface area contributed by atoms with Crippen molar-refractivity contribution in [3.05, 3.63) is 30.0 Å². The van der Waals surface area contributed by atoms with Crippen molar-refractivity contribution in [1.29, 1.82) is 0 Å². The Morgan fingerprint density at radius 1 is 1.40 bits per heavy atom. The summed E-state index contributed by atoms with van der Waals surface area (Å²) in [7, 11) is 3.22. The first-order valence-electron chi connectivity index (χ1n) is 6.46. The van der Waals surface area contributed by atoms with Crippen LogP contribution in [0, 0.1) is 0 Å². The van der Waals surface area contributed by atoms with E-state index in [1.165, 1.54) is 0 Å². The molecule has 0 spiro atoms. The van der Waals surface area contributed by atoms with Crippen LogP contribution >= 0.6 is 0 Å². The summed E-state index contributed by atoms with van der Waals surface area (Å²) in [5.74, 6) is 0.685. The van der Waals surface area contributed by atoms with Crippen molar-refractivity contribution < 1.29 is 18.7 Å². The lowest BCUT2D eigenvalue weighted by Gasteiger charge is -2.12. The predicted octanol–water partition coefficient (Wildman–Crippen LogP) is 2.13. The summed E-state index contributed by atoms with van der Waals surface area (Å²) in [6.45, 7) is 2.40. The Morgan fingerprint density at radius 3 is 2.90 bits per heavy atom. The third-order valence-corrected chi connectivity index (χ3v) is 3.04. The molecule has 1 unspecified atom stereocenters. The van der Waals surface area contributed by atoms with Gasteiger partial charge in [-0.15, -0.1) is 0 Å². The molecule has 0 saturated heterocycles.